The number of aryl methyl sites for hydroxylation is 1. The number of anilines is 2. The highest BCUT2D eigenvalue weighted by molar-refractivity contribution is 7.93. The van der Waals surface area contributed by atoms with Crippen LogP contribution < -0.4 is 10.5 Å². The maximum atomic E-state index is 12.5. The molecular weight excluding hydrogens is 308 g/mol. The van der Waals surface area contributed by atoms with E-state index in [1.165, 1.54) is 23.6 Å². The number of hydrogen-bond acceptors (Lipinski definition) is 6. The molecule has 0 saturated carbocycles. The molecule has 3 aromatic rings. The van der Waals surface area contributed by atoms with Crippen LogP contribution in [-0.2, 0) is 10.0 Å². The second kappa shape index (κ2) is 4.97. The second-order valence-corrected chi connectivity index (χ2v) is 6.96. The van der Waals surface area contributed by atoms with Gasteiger partial charge >= 0.3 is 0 Å². The number of rotatable bonds is 3. The van der Waals surface area contributed by atoms with Crippen molar-refractivity contribution in [1.82, 2.24) is 9.97 Å². The summed E-state index contributed by atoms with van der Waals surface area (Å²) in [5.41, 5.74) is 7.45. The van der Waals surface area contributed by atoms with E-state index in [1.54, 1.807) is 30.5 Å². The summed E-state index contributed by atoms with van der Waals surface area (Å²) in [6, 6.07) is 6.47. The third-order valence-corrected chi connectivity index (χ3v) is 5.27. The summed E-state index contributed by atoms with van der Waals surface area (Å²) in [7, 11) is -3.76. The Morgan fingerprint density at radius 2 is 2.10 bits per heavy atom. The number of nitrogens with one attached hydrogen (secondary N) is 1. The average molecular weight is 320 g/mol. The van der Waals surface area contributed by atoms with E-state index in [1.807, 2.05) is 0 Å². The van der Waals surface area contributed by atoms with Gasteiger partial charge in [0.2, 0.25) is 0 Å². The minimum atomic E-state index is -3.76. The summed E-state index contributed by atoms with van der Waals surface area (Å²) >= 11 is 1.23. The zero-order valence-electron chi connectivity index (χ0n) is 11.1. The molecule has 0 unspecified atom stereocenters. The first-order chi connectivity index (χ1) is 9.97. The average Bonchev–Trinajstić information content (AvgIpc) is 2.83. The zero-order valence-corrected chi connectivity index (χ0v) is 12.7. The van der Waals surface area contributed by atoms with E-state index >= 15 is 0 Å². The summed E-state index contributed by atoms with van der Waals surface area (Å²) in [5, 5.41) is 2.71. The van der Waals surface area contributed by atoms with E-state index in [4.69, 9.17) is 5.73 Å². The van der Waals surface area contributed by atoms with Crippen LogP contribution in [0.2, 0.25) is 0 Å². The number of sulfonamides is 1. The van der Waals surface area contributed by atoms with Gasteiger partial charge in [-0.1, -0.05) is 0 Å². The lowest BCUT2D eigenvalue weighted by molar-refractivity contribution is 0.602. The first-order valence-electron chi connectivity index (χ1n) is 6.05. The number of thiazole rings is 1. The number of nitrogen functional groups attached to an aromatic ring is 1. The topological polar surface area (TPSA) is 98.0 Å². The molecule has 21 heavy (non-hydrogen) atoms. The molecule has 8 heteroatoms. The summed E-state index contributed by atoms with van der Waals surface area (Å²) in [6.45, 7) is 1.80. The van der Waals surface area contributed by atoms with Crippen LogP contribution in [-0.4, -0.2) is 18.4 Å². The lowest BCUT2D eigenvalue weighted by Crippen LogP contribution is -2.14. The Balaban J connectivity index is 2.13. The summed E-state index contributed by atoms with van der Waals surface area (Å²) in [6.07, 6.45) is 1.54. The van der Waals surface area contributed by atoms with Crippen molar-refractivity contribution in [1.29, 1.82) is 0 Å². The van der Waals surface area contributed by atoms with E-state index in [0.29, 0.717) is 21.7 Å². The van der Waals surface area contributed by atoms with Crippen molar-refractivity contribution in [2.75, 3.05) is 10.5 Å². The predicted octanol–water partition coefficient (Wildman–Crippen LogP) is 2.38. The van der Waals surface area contributed by atoms with Gasteiger partial charge in [0.05, 0.1) is 11.2 Å². The molecule has 0 saturated heterocycles. The maximum absolute atomic E-state index is 12.5. The molecule has 2 heterocycles. The van der Waals surface area contributed by atoms with Crippen LogP contribution in [0.4, 0.5) is 10.8 Å². The molecule has 0 spiro atoms. The molecule has 108 valence electrons. The lowest BCUT2D eigenvalue weighted by Gasteiger charge is -2.09. The van der Waals surface area contributed by atoms with Gasteiger partial charge in [-0.15, -0.1) is 11.3 Å². The van der Waals surface area contributed by atoms with Gasteiger partial charge in [-0.2, -0.15) is 0 Å². The van der Waals surface area contributed by atoms with Gasteiger partial charge in [0.1, 0.15) is 4.90 Å². The molecule has 0 fully saturated rings. The van der Waals surface area contributed by atoms with E-state index in [9.17, 15) is 8.42 Å². The van der Waals surface area contributed by atoms with Gasteiger partial charge in [0.25, 0.3) is 10.0 Å². The Bertz CT molecular complexity index is 919. The van der Waals surface area contributed by atoms with Crippen molar-refractivity contribution in [2.24, 2.45) is 0 Å². The van der Waals surface area contributed by atoms with Crippen LogP contribution in [0.5, 0.6) is 0 Å². The van der Waals surface area contributed by atoms with Gasteiger partial charge in [0.15, 0.2) is 5.13 Å². The van der Waals surface area contributed by atoms with Gasteiger partial charge in [-0.05, 0) is 31.2 Å². The number of hydrogen-bond donors (Lipinski definition) is 2. The molecule has 2 aromatic heterocycles. The molecule has 3 N–H and O–H groups in total. The smallest absolute Gasteiger partial charge is 0.265 e. The lowest BCUT2D eigenvalue weighted by atomic mass is 10.2. The summed E-state index contributed by atoms with van der Waals surface area (Å²) in [4.78, 5) is 8.32. The standard InChI is InChI=1S/C13H12N4O2S2/c1-8-7-20-13(16-8)17-21(18,19)11-5-4-10(14)9-3-2-6-15-12(9)11/h2-7H,14H2,1H3,(H,16,17). The van der Waals surface area contributed by atoms with Crippen LogP contribution in [0.15, 0.2) is 40.7 Å². The first-order valence-corrected chi connectivity index (χ1v) is 8.42. The molecule has 1 aromatic carbocycles. The Hall–Kier alpha value is -2.19. The highest BCUT2D eigenvalue weighted by Gasteiger charge is 2.20. The molecule has 0 aliphatic carbocycles. The number of benzene rings is 1. The summed E-state index contributed by atoms with van der Waals surface area (Å²) < 4.78 is 27.5. The Labute approximate surface area is 125 Å². The maximum Gasteiger partial charge on any atom is 0.265 e. The third-order valence-electron chi connectivity index (χ3n) is 2.90. The number of fused-ring (bicyclic) bond motifs is 1. The van der Waals surface area contributed by atoms with Crippen LogP contribution in [0.25, 0.3) is 10.9 Å². The molecule has 0 bridgehead atoms. The summed E-state index contributed by atoms with van der Waals surface area (Å²) in [5.74, 6) is 0. The quantitative estimate of drug-likeness (QED) is 0.722. The van der Waals surface area contributed by atoms with Crippen molar-refractivity contribution >= 4 is 43.1 Å². The van der Waals surface area contributed by atoms with E-state index in [2.05, 4.69) is 14.7 Å². The first kappa shape index (κ1) is 13.8. The molecule has 6 nitrogen and oxygen atoms in total. The SMILES string of the molecule is Cc1csc(NS(=O)(=O)c2ccc(N)c3cccnc23)n1. The molecular formula is C13H12N4O2S2. The zero-order chi connectivity index (χ0) is 15.0. The van der Waals surface area contributed by atoms with Crippen molar-refractivity contribution < 1.29 is 8.42 Å². The van der Waals surface area contributed by atoms with Crippen molar-refractivity contribution in [3.63, 3.8) is 0 Å². The van der Waals surface area contributed by atoms with Gasteiger partial charge in [-0.25, -0.2) is 13.4 Å². The van der Waals surface area contributed by atoms with Crippen LogP contribution in [0, 0.1) is 6.92 Å². The minimum absolute atomic E-state index is 0.0835. The van der Waals surface area contributed by atoms with Gasteiger partial charge in [-0.3, -0.25) is 9.71 Å². The number of aromatic nitrogens is 2. The van der Waals surface area contributed by atoms with Crippen molar-refractivity contribution in [2.45, 2.75) is 11.8 Å². The van der Waals surface area contributed by atoms with E-state index in [-0.39, 0.29) is 4.90 Å². The molecule has 3 rings (SSSR count). The van der Waals surface area contributed by atoms with Crippen LogP contribution in [0.1, 0.15) is 5.69 Å². The molecule has 0 amide bonds. The minimum Gasteiger partial charge on any atom is -0.398 e. The molecule has 0 aliphatic rings. The Morgan fingerprint density at radius 3 is 2.81 bits per heavy atom. The van der Waals surface area contributed by atoms with Gasteiger partial charge < -0.3 is 5.73 Å². The number of nitrogens with two attached hydrogens (primary N) is 1. The molecule has 0 radical (unpaired) electrons. The van der Waals surface area contributed by atoms with Crippen molar-refractivity contribution in [3.8, 4) is 0 Å². The number of nitrogens with zero attached hydrogens (tertiary/aromatic N) is 2. The third kappa shape index (κ3) is 2.55. The highest BCUT2D eigenvalue weighted by Crippen LogP contribution is 2.28. The van der Waals surface area contributed by atoms with Crippen molar-refractivity contribution in [3.05, 3.63) is 41.5 Å². The van der Waals surface area contributed by atoms with Gasteiger partial charge in [0, 0.05) is 22.7 Å². The van der Waals surface area contributed by atoms with E-state index < -0.39 is 10.0 Å². The largest absolute Gasteiger partial charge is 0.398 e. The molecule has 0 atom stereocenters. The fourth-order valence-corrected chi connectivity index (χ4v) is 4.06. The fraction of sp³-hybridized carbons (Fsp3) is 0.0769. The van der Waals surface area contributed by atoms with E-state index in [0.717, 1.165) is 5.69 Å². The number of pyridine rings is 1. The predicted molar refractivity (Wildman–Crippen MR) is 83.8 cm³/mol. The Kier molecular flexibility index (Phi) is 3.26. The Morgan fingerprint density at radius 1 is 1.29 bits per heavy atom. The fourth-order valence-electron chi connectivity index (χ4n) is 1.96. The highest BCUT2D eigenvalue weighted by atomic mass is 32.2. The van der Waals surface area contributed by atoms with Crippen LogP contribution in [0.3, 0.4) is 0 Å². The monoisotopic (exact) mass is 320 g/mol. The molecule has 0 aliphatic heterocycles. The van der Waals surface area contributed by atoms with Crippen LogP contribution >= 0.6 is 11.3 Å². The second-order valence-electron chi connectivity index (χ2n) is 4.45. The normalized spacial score (nSPS) is 11.7.